The van der Waals surface area contributed by atoms with Crippen molar-refractivity contribution < 1.29 is 25.6 Å². The standard InChI is InChI=1S/C10H12N2O3S.C7H10O3S/c1-8-2-4-10(5-3-8)16(13,14)15-7-9(12)6-11;1-6-2-4-7(5-3-6)11(8,9)10/h2-5,9H,7,12H2,1H3;2-4,7H,5H2,1H3,(H,8,9,10)/t9-;/m1./s1. The molecule has 1 unspecified atom stereocenters. The minimum atomic E-state index is -3.88. The van der Waals surface area contributed by atoms with E-state index in [1.807, 2.05) is 13.8 Å². The van der Waals surface area contributed by atoms with E-state index in [4.69, 9.17) is 15.5 Å². The Kier molecular flexibility index (Phi) is 8.33. The van der Waals surface area contributed by atoms with Crippen LogP contribution in [0.25, 0.3) is 0 Å². The van der Waals surface area contributed by atoms with E-state index in [9.17, 15) is 16.8 Å². The van der Waals surface area contributed by atoms with Crippen LogP contribution in [0.2, 0.25) is 0 Å². The lowest BCUT2D eigenvalue weighted by molar-refractivity contribution is 0.310. The molecule has 0 saturated carbocycles. The first kappa shape index (κ1) is 23.0. The van der Waals surface area contributed by atoms with Crippen molar-refractivity contribution in [2.75, 3.05) is 6.61 Å². The highest BCUT2D eigenvalue weighted by Crippen LogP contribution is 2.15. The van der Waals surface area contributed by atoms with Gasteiger partial charge in [0.15, 0.2) is 0 Å². The number of aryl methyl sites for hydroxylation is 1. The first-order valence-electron chi connectivity index (χ1n) is 7.88. The average Bonchev–Trinajstić information content (AvgIpc) is 2.60. The molecule has 148 valence electrons. The largest absolute Gasteiger partial charge is 0.314 e. The van der Waals surface area contributed by atoms with Crippen LogP contribution in [0.1, 0.15) is 18.9 Å². The third-order valence-corrected chi connectivity index (χ3v) is 5.92. The molecule has 27 heavy (non-hydrogen) atoms. The highest BCUT2D eigenvalue weighted by molar-refractivity contribution is 7.87. The molecule has 2 rings (SSSR count). The molecule has 10 heteroatoms. The second-order valence-electron chi connectivity index (χ2n) is 5.88. The number of hydrogen-bond donors (Lipinski definition) is 2. The third kappa shape index (κ3) is 8.03. The molecule has 3 N–H and O–H groups in total. The zero-order valence-electron chi connectivity index (χ0n) is 14.9. The van der Waals surface area contributed by atoms with Crippen molar-refractivity contribution in [3.05, 3.63) is 53.6 Å². The topological polar surface area (TPSA) is 148 Å². The van der Waals surface area contributed by atoms with Gasteiger partial charge in [-0.25, -0.2) is 0 Å². The Morgan fingerprint density at radius 3 is 2.30 bits per heavy atom. The molecule has 0 amide bonds. The van der Waals surface area contributed by atoms with Gasteiger partial charge in [-0.3, -0.25) is 8.74 Å². The first-order chi connectivity index (χ1) is 12.5. The predicted octanol–water partition coefficient (Wildman–Crippen LogP) is 1.70. The number of hydrogen-bond acceptors (Lipinski definition) is 7. The van der Waals surface area contributed by atoms with Crippen LogP contribution in [0.4, 0.5) is 0 Å². The molecule has 1 aromatic rings. The van der Waals surface area contributed by atoms with Crippen molar-refractivity contribution in [1.29, 1.82) is 5.26 Å². The van der Waals surface area contributed by atoms with Crippen molar-refractivity contribution >= 4 is 20.2 Å². The fourth-order valence-corrected chi connectivity index (χ4v) is 3.45. The highest BCUT2D eigenvalue weighted by Gasteiger charge is 2.20. The van der Waals surface area contributed by atoms with Crippen molar-refractivity contribution in [3.63, 3.8) is 0 Å². The second kappa shape index (κ2) is 9.77. The molecule has 0 spiro atoms. The lowest BCUT2D eigenvalue weighted by Crippen LogP contribution is -2.25. The van der Waals surface area contributed by atoms with Gasteiger partial charge in [0.05, 0.1) is 17.6 Å². The Morgan fingerprint density at radius 2 is 1.85 bits per heavy atom. The molecule has 8 nitrogen and oxygen atoms in total. The summed E-state index contributed by atoms with van der Waals surface area (Å²) in [6.45, 7) is 3.40. The van der Waals surface area contributed by atoms with Crippen LogP contribution in [0, 0.1) is 18.3 Å². The van der Waals surface area contributed by atoms with E-state index in [1.54, 1.807) is 30.4 Å². The van der Waals surface area contributed by atoms with E-state index in [-0.39, 0.29) is 11.5 Å². The van der Waals surface area contributed by atoms with Gasteiger partial charge in [-0.05, 0) is 32.4 Å². The lowest BCUT2D eigenvalue weighted by Gasteiger charge is -2.10. The molecular weight excluding hydrogens is 392 g/mol. The average molecular weight is 415 g/mol. The van der Waals surface area contributed by atoms with Gasteiger partial charge in [-0.15, -0.1) is 0 Å². The zero-order chi connectivity index (χ0) is 20.7. The summed E-state index contributed by atoms with van der Waals surface area (Å²) in [6, 6.07) is 6.97. The van der Waals surface area contributed by atoms with Crippen LogP contribution in [-0.4, -0.2) is 39.3 Å². The molecule has 2 atom stereocenters. The fraction of sp³-hybridized carbons (Fsp3) is 0.353. The smallest absolute Gasteiger partial charge is 0.297 e. The second-order valence-corrected chi connectivity index (χ2v) is 9.13. The van der Waals surface area contributed by atoms with Crippen LogP contribution in [0.5, 0.6) is 0 Å². The summed E-state index contributed by atoms with van der Waals surface area (Å²) >= 11 is 0. The number of rotatable bonds is 5. The Bertz CT molecular complexity index is 942. The normalized spacial score (nSPS) is 17.9. The molecule has 0 aromatic heterocycles. The molecule has 1 aliphatic carbocycles. The minimum Gasteiger partial charge on any atom is -0.314 e. The predicted molar refractivity (Wildman–Crippen MR) is 101 cm³/mol. The van der Waals surface area contributed by atoms with Gasteiger partial charge >= 0.3 is 0 Å². The Morgan fingerprint density at radius 1 is 1.26 bits per heavy atom. The van der Waals surface area contributed by atoms with Crippen molar-refractivity contribution in [3.8, 4) is 6.07 Å². The van der Waals surface area contributed by atoms with Crippen LogP contribution < -0.4 is 5.73 Å². The fourth-order valence-electron chi connectivity index (χ4n) is 1.90. The van der Waals surface area contributed by atoms with Gasteiger partial charge in [0.2, 0.25) is 0 Å². The summed E-state index contributed by atoms with van der Waals surface area (Å²) in [5, 5.41) is 7.64. The number of nitriles is 1. The number of benzene rings is 1. The minimum absolute atomic E-state index is 0.0586. The van der Waals surface area contributed by atoms with Crippen LogP contribution in [0.3, 0.4) is 0 Å². The monoisotopic (exact) mass is 414 g/mol. The molecule has 1 aliphatic rings. The maximum absolute atomic E-state index is 11.6. The van der Waals surface area contributed by atoms with E-state index in [1.165, 1.54) is 18.2 Å². The molecule has 0 radical (unpaired) electrons. The quantitative estimate of drug-likeness (QED) is 0.546. The van der Waals surface area contributed by atoms with E-state index < -0.39 is 31.5 Å². The summed E-state index contributed by atoms with van der Waals surface area (Å²) in [7, 11) is -7.69. The molecule has 1 aromatic carbocycles. The summed E-state index contributed by atoms with van der Waals surface area (Å²) in [6.07, 6.45) is 5.37. The molecule has 0 saturated heterocycles. The van der Waals surface area contributed by atoms with E-state index in [2.05, 4.69) is 4.18 Å². The van der Waals surface area contributed by atoms with Crippen LogP contribution in [-0.2, 0) is 24.4 Å². The van der Waals surface area contributed by atoms with Crippen molar-refractivity contribution in [2.24, 2.45) is 5.73 Å². The molecular formula is C17H22N2O6S2. The lowest BCUT2D eigenvalue weighted by atomic mass is 10.1. The van der Waals surface area contributed by atoms with E-state index in [0.717, 1.165) is 11.1 Å². The number of allylic oxidation sites excluding steroid dienone is 3. The summed E-state index contributed by atoms with van der Waals surface area (Å²) < 4.78 is 57.5. The first-order valence-corrected chi connectivity index (χ1v) is 10.8. The SMILES string of the molecule is CC1=CCC(S(=O)(=O)O)C=C1.Cc1ccc(S(=O)(=O)OC[C@H](N)C#N)cc1. The highest BCUT2D eigenvalue weighted by atomic mass is 32.2. The van der Waals surface area contributed by atoms with Crippen LogP contribution >= 0.6 is 0 Å². The van der Waals surface area contributed by atoms with Gasteiger partial charge in [0.25, 0.3) is 20.2 Å². The molecule has 0 heterocycles. The molecule has 0 aliphatic heterocycles. The summed E-state index contributed by atoms with van der Waals surface area (Å²) in [4.78, 5) is 0.0586. The van der Waals surface area contributed by atoms with Gasteiger partial charge in [-0.2, -0.15) is 22.1 Å². The van der Waals surface area contributed by atoms with Crippen molar-refractivity contribution in [1.82, 2.24) is 0 Å². The Balaban J connectivity index is 0.000000289. The van der Waals surface area contributed by atoms with Crippen molar-refractivity contribution in [2.45, 2.75) is 36.5 Å². The third-order valence-electron chi connectivity index (χ3n) is 3.51. The van der Waals surface area contributed by atoms with Crippen LogP contribution in [0.15, 0.2) is 53.0 Å². The van der Waals surface area contributed by atoms with Gasteiger partial charge < -0.3 is 5.73 Å². The maximum Gasteiger partial charge on any atom is 0.297 e. The van der Waals surface area contributed by atoms with Gasteiger partial charge in [0, 0.05) is 0 Å². The molecule has 0 fully saturated rings. The maximum atomic E-state index is 11.6. The van der Waals surface area contributed by atoms with E-state index in [0.29, 0.717) is 6.42 Å². The van der Waals surface area contributed by atoms with E-state index >= 15 is 0 Å². The number of nitrogens with zero attached hydrogens (tertiary/aromatic N) is 1. The summed E-state index contributed by atoms with van der Waals surface area (Å²) in [5.74, 6) is 0. The Labute approximate surface area is 159 Å². The van der Waals surface area contributed by atoms with Gasteiger partial charge in [0.1, 0.15) is 11.3 Å². The number of nitrogens with two attached hydrogens (primary N) is 1. The summed E-state index contributed by atoms with van der Waals surface area (Å²) in [5.41, 5.74) is 7.22. The molecule has 0 bridgehead atoms. The zero-order valence-corrected chi connectivity index (χ0v) is 16.6. The van der Waals surface area contributed by atoms with Gasteiger partial charge in [-0.1, -0.05) is 41.5 Å². The Hall–Kier alpha value is -2.03.